The van der Waals surface area contributed by atoms with E-state index < -0.39 is 0 Å². The zero-order valence-electron chi connectivity index (χ0n) is 9.39. The Hall–Kier alpha value is -0.370. The predicted octanol–water partition coefficient (Wildman–Crippen LogP) is 3.26. The highest BCUT2D eigenvalue weighted by atomic mass is 16.5. The molecule has 78 valence electrons. The minimum atomic E-state index is -0.114. The molecule has 0 bridgehead atoms. The van der Waals surface area contributed by atoms with Gasteiger partial charge in [0.25, 0.3) is 0 Å². The van der Waals surface area contributed by atoms with Gasteiger partial charge in [-0.05, 0) is 31.9 Å². The van der Waals surface area contributed by atoms with Crippen LogP contribution in [0.1, 0.15) is 47.0 Å². The van der Waals surface area contributed by atoms with Crippen molar-refractivity contribution >= 4 is 6.21 Å². The van der Waals surface area contributed by atoms with Crippen LogP contribution in [0.2, 0.25) is 0 Å². The predicted molar refractivity (Wildman–Crippen MR) is 57.5 cm³/mol. The Morgan fingerprint density at radius 1 is 1.46 bits per heavy atom. The minimum Gasteiger partial charge on any atom is -0.375 e. The highest BCUT2D eigenvalue weighted by molar-refractivity contribution is 5.54. The summed E-state index contributed by atoms with van der Waals surface area (Å²) in [7, 11) is 0. The van der Waals surface area contributed by atoms with Gasteiger partial charge in [-0.1, -0.05) is 20.8 Å². The Morgan fingerprint density at radius 3 is 2.46 bits per heavy atom. The molecule has 0 aromatic heterocycles. The van der Waals surface area contributed by atoms with Gasteiger partial charge in [0.15, 0.2) is 0 Å². The molecule has 0 saturated heterocycles. The molecule has 0 rings (SSSR count). The summed E-state index contributed by atoms with van der Waals surface area (Å²) in [6.45, 7) is 9.40. The maximum atomic E-state index is 7.08. The molecule has 0 aliphatic carbocycles. The molecular formula is C11H23NO. The first kappa shape index (κ1) is 12.6. The van der Waals surface area contributed by atoms with E-state index in [0.29, 0.717) is 5.92 Å². The Balaban J connectivity index is 3.76. The molecule has 0 fully saturated rings. The van der Waals surface area contributed by atoms with Gasteiger partial charge in [0.1, 0.15) is 0 Å². The molecule has 0 saturated carbocycles. The molecule has 1 unspecified atom stereocenters. The van der Waals surface area contributed by atoms with Gasteiger partial charge >= 0.3 is 0 Å². The molecule has 1 atom stereocenters. The number of ether oxygens (including phenoxy) is 1. The van der Waals surface area contributed by atoms with Gasteiger partial charge in [0.2, 0.25) is 0 Å². The Morgan fingerprint density at radius 2 is 2.08 bits per heavy atom. The van der Waals surface area contributed by atoms with E-state index in [1.54, 1.807) is 0 Å². The third-order valence-corrected chi connectivity index (χ3v) is 2.43. The summed E-state index contributed by atoms with van der Waals surface area (Å²) >= 11 is 0. The minimum absolute atomic E-state index is 0.114. The average molecular weight is 185 g/mol. The van der Waals surface area contributed by atoms with Gasteiger partial charge in [-0.25, -0.2) is 0 Å². The second-order valence-electron chi connectivity index (χ2n) is 4.24. The zero-order valence-corrected chi connectivity index (χ0v) is 9.39. The van der Waals surface area contributed by atoms with Crippen molar-refractivity contribution in [3.05, 3.63) is 0 Å². The Labute approximate surface area is 82.2 Å². The van der Waals surface area contributed by atoms with E-state index in [0.717, 1.165) is 25.9 Å². The summed E-state index contributed by atoms with van der Waals surface area (Å²) in [6.07, 6.45) is 4.24. The van der Waals surface area contributed by atoms with E-state index in [1.165, 1.54) is 6.21 Å². The van der Waals surface area contributed by atoms with Crippen molar-refractivity contribution in [2.24, 2.45) is 5.92 Å². The smallest absolute Gasteiger partial charge is 0.0700 e. The normalized spacial score (nSPS) is 15.8. The zero-order chi connectivity index (χ0) is 10.3. The van der Waals surface area contributed by atoms with Crippen LogP contribution in [0.5, 0.6) is 0 Å². The van der Waals surface area contributed by atoms with E-state index in [9.17, 15) is 0 Å². The Kier molecular flexibility index (Phi) is 5.97. The second-order valence-corrected chi connectivity index (χ2v) is 4.24. The lowest BCUT2D eigenvalue weighted by Gasteiger charge is -2.27. The first-order chi connectivity index (χ1) is 6.04. The fourth-order valence-corrected chi connectivity index (χ4v) is 1.06. The third-order valence-electron chi connectivity index (χ3n) is 2.43. The summed E-state index contributed by atoms with van der Waals surface area (Å²) in [5.41, 5.74) is -0.114. The molecule has 13 heavy (non-hydrogen) atoms. The topological polar surface area (TPSA) is 33.1 Å². The molecule has 0 radical (unpaired) electrons. The molecule has 0 aromatic carbocycles. The highest BCUT2D eigenvalue weighted by Crippen LogP contribution is 2.19. The first-order valence-electron chi connectivity index (χ1n) is 5.17. The lowest BCUT2D eigenvalue weighted by Crippen LogP contribution is -2.29. The third kappa shape index (κ3) is 5.81. The van der Waals surface area contributed by atoms with Crippen LogP contribution in [0.3, 0.4) is 0 Å². The van der Waals surface area contributed by atoms with Crippen LogP contribution in [0, 0.1) is 11.3 Å². The molecular weight excluding hydrogens is 162 g/mol. The van der Waals surface area contributed by atoms with Crippen molar-refractivity contribution in [1.82, 2.24) is 0 Å². The standard InChI is InChI=1S/C11H23NO/c1-5-11(4,7-8-12)13-9-6-10(2)3/h8,10,12H,5-7,9H2,1-4H3. The first-order valence-corrected chi connectivity index (χ1v) is 5.17. The van der Waals surface area contributed by atoms with E-state index in [4.69, 9.17) is 10.1 Å². The van der Waals surface area contributed by atoms with Crippen molar-refractivity contribution in [2.45, 2.75) is 52.6 Å². The van der Waals surface area contributed by atoms with Gasteiger partial charge in [0, 0.05) is 13.0 Å². The molecule has 0 heterocycles. The van der Waals surface area contributed by atoms with Crippen molar-refractivity contribution in [2.75, 3.05) is 6.61 Å². The molecule has 2 heteroatoms. The summed E-state index contributed by atoms with van der Waals surface area (Å²) in [5.74, 6) is 0.695. The molecule has 1 N–H and O–H groups in total. The largest absolute Gasteiger partial charge is 0.375 e. The van der Waals surface area contributed by atoms with Crippen LogP contribution in [-0.2, 0) is 4.74 Å². The Bertz CT molecular complexity index is 145. The van der Waals surface area contributed by atoms with Crippen LogP contribution in [0.25, 0.3) is 0 Å². The maximum absolute atomic E-state index is 7.08. The summed E-state index contributed by atoms with van der Waals surface area (Å²) in [5, 5.41) is 7.08. The van der Waals surface area contributed by atoms with Crippen LogP contribution < -0.4 is 0 Å². The van der Waals surface area contributed by atoms with Gasteiger partial charge in [-0.15, -0.1) is 0 Å². The lowest BCUT2D eigenvalue weighted by atomic mass is 9.99. The fraction of sp³-hybridized carbons (Fsp3) is 0.909. The van der Waals surface area contributed by atoms with Crippen LogP contribution in [0.15, 0.2) is 0 Å². The quantitative estimate of drug-likeness (QED) is 0.607. The van der Waals surface area contributed by atoms with E-state index in [1.807, 2.05) is 0 Å². The van der Waals surface area contributed by atoms with Crippen molar-refractivity contribution < 1.29 is 4.74 Å². The van der Waals surface area contributed by atoms with Crippen LogP contribution in [-0.4, -0.2) is 18.4 Å². The van der Waals surface area contributed by atoms with Gasteiger partial charge in [-0.3, -0.25) is 0 Å². The van der Waals surface area contributed by atoms with Gasteiger partial charge in [0.05, 0.1) is 5.60 Å². The van der Waals surface area contributed by atoms with Crippen molar-refractivity contribution in [1.29, 1.82) is 5.41 Å². The van der Waals surface area contributed by atoms with Crippen molar-refractivity contribution in [3.8, 4) is 0 Å². The monoisotopic (exact) mass is 185 g/mol. The summed E-state index contributed by atoms with van der Waals surface area (Å²) in [6, 6.07) is 0. The van der Waals surface area contributed by atoms with E-state index >= 15 is 0 Å². The summed E-state index contributed by atoms with van der Waals surface area (Å²) < 4.78 is 5.78. The molecule has 0 aliphatic rings. The van der Waals surface area contributed by atoms with Crippen LogP contribution in [0.4, 0.5) is 0 Å². The molecule has 0 aromatic rings. The SMILES string of the molecule is CCC(C)(CC=N)OCCC(C)C. The summed E-state index contributed by atoms with van der Waals surface area (Å²) in [4.78, 5) is 0. The molecule has 0 aliphatic heterocycles. The van der Waals surface area contributed by atoms with Gasteiger partial charge in [-0.2, -0.15) is 0 Å². The maximum Gasteiger partial charge on any atom is 0.0700 e. The van der Waals surface area contributed by atoms with Gasteiger partial charge < -0.3 is 10.1 Å². The average Bonchev–Trinajstić information content (AvgIpc) is 2.04. The number of hydrogen-bond acceptors (Lipinski definition) is 2. The molecule has 2 nitrogen and oxygen atoms in total. The number of nitrogens with one attached hydrogen (secondary N) is 1. The number of rotatable bonds is 7. The number of hydrogen-bond donors (Lipinski definition) is 1. The van der Waals surface area contributed by atoms with Crippen LogP contribution >= 0.6 is 0 Å². The fourth-order valence-electron chi connectivity index (χ4n) is 1.06. The van der Waals surface area contributed by atoms with E-state index in [2.05, 4.69) is 27.7 Å². The van der Waals surface area contributed by atoms with E-state index in [-0.39, 0.29) is 5.60 Å². The highest BCUT2D eigenvalue weighted by Gasteiger charge is 2.20. The lowest BCUT2D eigenvalue weighted by molar-refractivity contribution is -0.0325. The molecule has 0 spiro atoms. The van der Waals surface area contributed by atoms with Crippen molar-refractivity contribution in [3.63, 3.8) is 0 Å². The second kappa shape index (κ2) is 6.14. The molecule has 0 amide bonds.